The van der Waals surface area contributed by atoms with Gasteiger partial charge in [0.15, 0.2) is 0 Å². The Morgan fingerprint density at radius 2 is 1.73 bits per heavy atom. The van der Waals surface area contributed by atoms with Crippen LogP contribution in [0.3, 0.4) is 0 Å². The van der Waals surface area contributed by atoms with Crippen LogP contribution in [0.25, 0.3) is 0 Å². The molecule has 0 amide bonds. The fraction of sp³-hybridized carbons (Fsp3) is 0.889. The van der Waals surface area contributed by atoms with Crippen LogP contribution in [-0.4, -0.2) is 25.2 Å². The van der Waals surface area contributed by atoms with Crippen LogP contribution in [0.15, 0.2) is 0 Å². The number of hydrogen-bond acceptors (Lipinski definition) is 2. The summed E-state index contributed by atoms with van der Waals surface area (Å²) >= 11 is 16.4. The average Bonchev–Trinajstić information content (AvgIpc) is 1.98. The maximum atomic E-state index is 11.4. The summed E-state index contributed by atoms with van der Waals surface area (Å²) < 4.78 is 3.35. The standard InChI is InChI=1S/C9H16Cl3O2Si/c1-8(2,15(3)4)5-7(13)14-6-9(10,11)12/h5-6H2,1-4H3. The number of ether oxygens (including phenoxy) is 1. The Balaban J connectivity index is 4.05. The summed E-state index contributed by atoms with van der Waals surface area (Å²) in [6.45, 7) is 8.23. The molecule has 0 aromatic carbocycles. The fourth-order valence-electron chi connectivity index (χ4n) is 0.751. The van der Waals surface area contributed by atoms with Gasteiger partial charge in [-0.3, -0.25) is 4.79 Å². The smallest absolute Gasteiger partial charge is 0.306 e. The molecule has 0 bridgehead atoms. The number of carbonyl (C=O) groups excluding carboxylic acids is 1. The largest absolute Gasteiger partial charge is 0.461 e. The van der Waals surface area contributed by atoms with E-state index >= 15 is 0 Å². The van der Waals surface area contributed by atoms with Crippen LogP contribution in [0.2, 0.25) is 18.1 Å². The summed E-state index contributed by atoms with van der Waals surface area (Å²) in [6.07, 6.45) is 0.370. The van der Waals surface area contributed by atoms with Gasteiger partial charge in [-0.25, -0.2) is 0 Å². The third-order valence-electron chi connectivity index (χ3n) is 2.34. The van der Waals surface area contributed by atoms with Crippen molar-refractivity contribution >= 4 is 49.6 Å². The molecule has 0 aliphatic carbocycles. The third kappa shape index (κ3) is 7.45. The molecule has 89 valence electrons. The molecular formula is C9H16Cl3O2Si. The number of halogens is 3. The number of carbonyl (C=O) groups is 1. The normalized spacial score (nSPS) is 13.1. The number of rotatable bonds is 4. The maximum absolute atomic E-state index is 11.4. The molecular weight excluding hydrogens is 275 g/mol. The summed E-state index contributed by atoms with van der Waals surface area (Å²) in [5, 5.41) is -0.00461. The Morgan fingerprint density at radius 1 is 1.27 bits per heavy atom. The molecule has 0 N–H and O–H groups in total. The van der Waals surface area contributed by atoms with Gasteiger partial charge in [0.05, 0.1) is 0 Å². The summed E-state index contributed by atoms with van der Waals surface area (Å²) in [5.74, 6) is -0.308. The van der Waals surface area contributed by atoms with Crippen molar-refractivity contribution < 1.29 is 9.53 Å². The fourth-order valence-corrected chi connectivity index (χ4v) is 1.41. The zero-order valence-electron chi connectivity index (χ0n) is 9.36. The monoisotopic (exact) mass is 289 g/mol. The molecule has 0 fully saturated rings. The van der Waals surface area contributed by atoms with Gasteiger partial charge in [-0.05, 0) is 5.04 Å². The Morgan fingerprint density at radius 3 is 2.07 bits per heavy atom. The minimum Gasteiger partial charge on any atom is -0.461 e. The van der Waals surface area contributed by atoms with Crippen LogP contribution < -0.4 is 0 Å². The Hall–Kier alpha value is 0.557. The maximum Gasteiger partial charge on any atom is 0.306 e. The first-order chi connectivity index (χ1) is 6.54. The summed E-state index contributed by atoms with van der Waals surface area (Å²) in [7, 11) is -0.559. The van der Waals surface area contributed by atoms with Crippen molar-refractivity contribution in [3.8, 4) is 0 Å². The van der Waals surface area contributed by atoms with Crippen LogP contribution in [0.1, 0.15) is 20.3 Å². The zero-order chi connectivity index (χ0) is 12.3. The van der Waals surface area contributed by atoms with Gasteiger partial charge in [0.25, 0.3) is 0 Å². The second-order valence-corrected chi connectivity index (χ2v) is 10.2. The van der Waals surface area contributed by atoms with E-state index in [0.29, 0.717) is 6.42 Å². The molecule has 0 atom stereocenters. The Labute approximate surface area is 108 Å². The minimum atomic E-state index is -1.52. The van der Waals surface area contributed by atoms with Crippen LogP contribution in [0, 0.1) is 0 Å². The van der Waals surface area contributed by atoms with E-state index in [1.54, 1.807) is 0 Å². The second-order valence-electron chi connectivity index (χ2n) is 4.34. The molecule has 1 radical (unpaired) electrons. The Kier molecular flexibility index (Phi) is 5.97. The van der Waals surface area contributed by atoms with E-state index in [2.05, 4.69) is 26.9 Å². The summed E-state index contributed by atoms with van der Waals surface area (Å²) in [6, 6.07) is 0. The zero-order valence-corrected chi connectivity index (χ0v) is 12.6. The first kappa shape index (κ1) is 15.6. The molecule has 0 rings (SSSR count). The molecule has 15 heavy (non-hydrogen) atoms. The lowest BCUT2D eigenvalue weighted by Gasteiger charge is -2.27. The SMILES string of the molecule is C[Si](C)C(C)(C)CC(=O)OCC(Cl)(Cl)Cl. The molecule has 6 heteroatoms. The van der Waals surface area contributed by atoms with E-state index in [1.165, 1.54) is 0 Å². The molecule has 0 aromatic heterocycles. The van der Waals surface area contributed by atoms with Crippen molar-refractivity contribution in [2.45, 2.75) is 42.2 Å². The van der Waals surface area contributed by atoms with E-state index in [1.807, 2.05) is 0 Å². The van der Waals surface area contributed by atoms with Gasteiger partial charge in [0.1, 0.15) is 6.61 Å². The van der Waals surface area contributed by atoms with E-state index < -0.39 is 12.6 Å². The van der Waals surface area contributed by atoms with Crippen LogP contribution in [0.5, 0.6) is 0 Å². The minimum absolute atomic E-state index is 0.00461. The molecule has 0 saturated carbocycles. The van der Waals surface area contributed by atoms with Crippen LogP contribution in [0.4, 0.5) is 0 Å². The molecule has 2 nitrogen and oxygen atoms in total. The average molecular weight is 291 g/mol. The van der Waals surface area contributed by atoms with Crippen molar-refractivity contribution in [3.05, 3.63) is 0 Å². The number of hydrogen-bond donors (Lipinski definition) is 0. The number of alkyl halides is 3. The van der Waals surface area contributed by atoms with Gasteiger partial charge in [-0.2, -0.15) is 0 Å². The first-order valence-electron chi connectivity index (χ1n) is 4.57. The van der Waals surface area contributed by atoms with Crippen molar-refractivity contribution in [2.24, 2.45) is 0 Å². The quantitative estimate of drug-likeness (QED) is 0.447. The molecule has 0 unspecified atom stereocenters. The van der Waals surface area contributed by atoms with Crippen molar-refractivity contribution in [2.75, 3.05) is 6.61 Å². The highest BCUT2D eigenvalue weighted by Crippen LogP contribution is 2.33. The predicted octanol–water partition coefficient (Wildman–Crippen LogP) is 3.82. The van der Waals surface area contributed by atoms with Crippen LogP contribution in [-0.2, 0) is 9.53 Å². The highest BCUT2D eigenvalue weighted by Gasteiger charge is 2.29. The van der Waals surface area contributed by atoms with E-state index in [0.717, 1.165) is 0 Å². The number of esters is 1. The predicted molar refractivity (Wildman–Crippen MR) is 67.4 cm³/mol. The highest BCUT2D eigenvalue weighted by molar-refractivity contribution is 6.67. The van der Waals surface area contributed by atoms with Gasteiger partial charge in [-0.15, -0.1) is 0 Å². The first-order valence-corrected chi connectivity index (χ1v) is 8.21. The molecule has 0 heterocycles. The van der Waals surface area contributed by atoms with E-state index in [4.69, 9.17) is 39.5 Å². The van der Waals surface area contributed by atoms with Crippen molar-refractivity contribution in [1.29, 1.82) is 0 Å². The second kappa shape index (κ2) is 5.76. The van der Waals surface area contributed by atoms with E-state index in [-0.39, 0.29) is 17.6 Å². The van der Waals surface area contributed by atoms with Gasteiger partial charge in [0, 0.05) is 15.2 Å². The molecule has 0 saturated heterocycles. The highest BCUT2D eigenvalue weighted by atomic mass is 35.6. The van der Waals surface area contributed by atoms with Gasteiger partial charge in [0.2, 0.25) is 3.79 Å². The molecule has 0 aliphatic heterocycles. The van der Waals surface area contributed by atoms with E-state index in [9.17, 15) is 4.79 Å². The topological polar surface area (TPSA) is 26.3 Å². The Bertz CT molecular complexity index is 224. The van der Waals surface area contributed by atoms with Crippen molar-refractivity contribution in [3.63, 3.8) is 0 Å². The molecule has 0 aromatic rings. The summed E-state index contributed by atoms with van der Waals surface area (Å²) in [4.78, 5) is 11.4. The lowest BCUT2D eigenvalue weighted by atomic mass is 10.1. The lowest BCUT2D eigenvalue weighted by Crippen LogP contribution is -2.26. The lowest BCUT2D eigenvalue weighted by molar-refractivity contribution is -0.144. The summed E-state index contributed by atoms with van der Waals surface area (Å²) in [5.41, 5.74) is 0. The van der Waals surface area contributed by atoms with Gasteiger partial charge < -0.3 is 4.74 Å². The van der Waals surface area contributed by atoms with Crippen molar-refractivity contribution in [1.82, 2.24) is 0 Å². The van der Waals surface area contributed by atoms with Gasteiger partial charge in [-0.1, -0.05) is 61.7 Å². The van der Waals surface area contributed by atoms with Crippen LogP contribution >= 0.6 is 34.8 Å². The third-order valence-corrected chi connectivity index (χ3v) is 5.55. The molecule has 0 spiro atoms. The van der Waals surface area contributed by atoms with Gasteiger partial charge >= 0.3 is 5.97 Å². The molecule has 0 aliphatic rings.